The molecular weight excluding hydrogens is 270 g/mol. The van der Waals surface area contributed by atoms with E-state index in [1.807, 2.05) is 35.7 Å². The van der Waals surface area contributed by atoms with Crippen molar-refractivity contribution in [2.45, 2.75) is 19.4 Å². The third-order valence-electron chi connectivity index (χ3n) is 3.54. The van der Waals surface area contributed by atoms with Crippen LogP contribution in [0.25, 0.3) is 5.65 Å². The maximum absolute atomic E-state index is 12.1. The minimum atomic E-state index is -0.0426. The average molecular weight is 289 g/mol. The standard InChI is InChI=1S/C14H19N5O2/c1-11-10-18(8-9-21-11)14(20)15-6-5-13-17-16-12-4-2-3-7-19(12)13/h2-4,7,11H,5-6,8-10H2,1H3,(H,15,20)/t11-/m1/s1. The number of carbonyl (C=O) groups is 1. The Morgan fingerprint density at radius 3 is 3.24 bits per heavy atom. The van der Waals surface area contributed by atoms with E-state index in [2.05, 4.69) is 15.5 Å². The van der Waals surface area contributed by atoms with Crippen molar-refractivity contribution in [1.29, 1.82) is 0 Å². The van der Waals surface area contributed by atoms with Gasteiger partial charge in [-0.3, -0.25) is 4.40 Å². The number of carbonyl (C=O) groups excluding carboxylic acids is 1. The van der Waals surface area contributed by atoms with Crippen LogP contribution in [-0.2, 0) is 11.2 Å². The number of pyridine rings is 1. The fourth-order valence-corrected chi connectivity index (χ4v) is 2.46. The van der Waals surface area contributed by atoms with Crippen LogP contribution in [0.2, 0.25) is 0 Å². The zero-order valence-electron chi connectivity index (χ0n) is 12.0. The Morgan fingerprint density at radius 1 is 1.48 bits per heavy atom. The van der Waals surface area contributed by atoms with Crippen LogP contribution in [0.3, 0.4) is 0 Å². The fourth-order valence-electron chi connectivity index (χ4n) is 2.46. The second-order valence-corrected chi connectivity index (χ2v) is 5.15. The molecule has 0 aromatic carbocycles. The lowest BCUT2D eigenvalue weighted by Crippen LogP contribution is -2.49. The van der Waals surface area contributed by atoms with Gasteiger partial charge in [-0.25, -0.2) is 4.79 Å². The van der Waals surface area contributed by atoms with Gasteiger partial charge in [-0.05, 0) is 19.1 Å². The molecule has 1 saturated heterocycles. The second kappa shape index (κ2) is 6.09. The van der Waals surface area contributed by atoms with Crippen molar-refractivity contribution in [2.75, 3.05) is 26.2 Å². The second-order valence-electron chi connectivity index (χ2n) is 5.15. The first-order valence-electron chi connectivity index (χ1n) is 7.17. The molecule has 2 aromatic rings. The molecule has 0 aliphatic carbocycles. The van der Waals surface area contributed by atoms with Gasteiger partial charge in [-0.1, -0.05) is 6.07 Å². The largest absolute Gasteiger partial charge is 0.375 e. The number of rotatable bonds is 3. The number of nitrogens with one attached hydrogen (secondary N) is 1. The van der Waals surface area contributed by atoms with E-state index in [0.29, 0.717) is 32.7 Å². The maximum Gasteiger partial charge on any atom is 0.317 e. The molecule has 2 aromatic heterocycles. The van der Waals surface area contributed by atoms with Crippen LogP contribution in [-0.4, -0.2) is 57.9 Å². The molecule has 3 heterocycles. The van der Waals surface area contributed by atoms with Crippen LogP contribution in [0.5, 0.6) is 0 Å². The first kappa shape index (κ1) is 13.8. The Hall–Kier alpha value is -2.15. The van der Waals surface area contributed by atoms with E-state index in [9.17, 15) is 4.79 Å². The summed E-state index contributed by atoms with van der Waals surface area (Å²) < 4.78 is 7.36. The molecule has 1 atom stereocenters. The van der Waals surface area contributed by atoms with Crippen molar-refractivity contribution in [3.05, 3.63) is 30.2 Å². The molecule has 1 aliphatic rings. The first-order chi connectivity index (χ1) is 10.2. The summed E-state index contributed by atoms with van der Waals surface area (Å²) >= 11 is 0. The van der Waals surface area contributed by atoms with Crippen LogP contribution in [0, 0.1) is 0 Å². The van der Waals surface area contributed by atoms with Crippen molar-refractivity contribution in [3.63, 3.8) is 0 Å². The first-order valence-corrected chi connectivity index (χ1v) is 7.17. The summed E-state index contributed by atoms with van der Waals surface area (Å²) in [5, 5.41) is 11.2. The average Bonchev–Trinajstić information content (AvgIpc) is 2.91. The van der Waals surface area contributed by atoms with Crippen molar-refractivity contribution < 1.29 is 9.53 Å². The van der Waals surface area contributed by atoms with Gasteiger partial charge in [-0.15, -0.1) is 10.2 Å². The molecule has 3 rings (SSSR count). The molecule has 2 amide bonds. The molecule has 112 valence electrons. The summed E-state index contributed by atoms with van der Waals surface area (Å²) in [6.07, 6.45) is 2.68. The smallest absolute Gasteiger partial charge is 0.317 e. The highest BCUT2D eigenvalue weighted by molar-refractivity contribution is 5.74. The number of hydrogen-bond donors (Lipinski definition) is 1. The van der Waals surface area contributed by atoms with Crippen LogP contribution in [0.15, 0.2) is 24.4 Å². The lowest BCUT2D eigenvalue weighted by molar-refractivity contribution is -0.00343. The summed E-state index contributed by atoms with van der Waals surface area (Å²) in [5.74, 6) is 0.848. The van der Waals surface area contributed by atoms with E-state index in [1.54, 1.807) is 4.90 Å². The summed E-state index contributed by atoms with van der Waals surface area (Å²) in [6, 6.07) is 5.73. The zero-order chi connectivity index (χ0) is 14.7. The van der Waals surface area contributed by atoms with E-state index in [1.165, 1.54) is 0 Å². The van der Waals surface area contributed by atoms with E-state index >= 15 is 0 Å². The minimum absolute atomic E-state index is 0.0426. The van der Waals surface area contributed by atoms with Crippen LogP contribution in [0.4, 0.5) is 4.79 Å². The molecule has 0 unspecified atom stereocenters. The molecule has 21 heavy (non-hydrogen) atoms. The molecule has 1 N–H and O–H groups in total. The third-order valence-corrected chi connectivity index (χ3v) is 3.54. The number of hydrogen-bond acceptors (Lipinski definition) is 4. The minimum Gasteiger partial charge on any atom is -0.375 e. The van der Waals surface area contributed by atoms with Gasteiger partial charge in [0.25, 0.3) is 0 Å². The highest BCUT2D eigenvalue weighted by Crippen LogP contribution is 2.05. The van der Waals surface area contributed by atoms with Gasteiger partial charge < -0.3 is 15.0 Å². The van der Waals surface area contributed by atoms with Gasteiger partial charge in [0.05, 0.1) is 12.7 Å². The van der Waals surface area contributed by atoms with Crippen molar-refractivity contribution >= 4 is 11.7 Å². The molecule has 0 saturated carbocycles. The van der Waals surface area contributed by atoms with Gasteiger partial charge in [0.15, 0.2) is 5.65 Å². The Balaban J connectivity index is 1.52. The molecule has 1 aliphatic heterocycles. The highest BCUT2D eigenvalue weighted by atomic mass is 16.5. The monoisotopic (exact) mass is 289 g/mol. The predicted molar refractivity (Wildman–Crippen MR) is 77.1 cm³/mol. The van der Waals surface area contributed by atoms with Gasteiger partial charge in [0.2, 0.25) is 0 Å². The molecule has 1 fully saturated rings. The quantitative estimate of drug-likeness (QED) is 0.903. The summed E-state index contributed by atoms with van der Waals surface area (Å²) in [4.78, 5) is 13.8. The third kappa shape index (κ3) is 3.13. The Labute approximate surface area is 122 Å². The molecule has 0 bridgehead atoms. The zero-order valence-corrected chi connectivity index (χ0v) is 12.0. The SMILES string of the molecule is C[C@@H]1CN(C(=O)NCCc2nnc3ccccn23)CCO1. The lowest BCUT2D eigenvalue weighted by atomic mass is 10.3. The van der Waals surface area contributed by atoms with Crippen LogP contribution >= 0.6 is 0 Å². The molecule has 0 spiro atoms. The highest BCUT2D eigenvalue weighted by Gasteiger charge is 2.20. The summed E-state index contributed by atoms with van der Waals surface area (Å²) in [5.41, 5.74) is 0.820. The van der Waals surface area contributed by atoms with Crippen LogP contribution < -0.4 is 5.32 Å². The van der Waals surface area contributed by atoms with E-state index in [4.69, 9.17) is 4.74 Å². The fraction of sp³-hybridized carbons (Fsp3) is 0.500. The Kier molecular flexibility index (Phi) is 4.01. The number of fused-ring (bicyclic) bond motifs is 1. The van der Waals surface area contributed by atoms with Crippen molar-refractivity contribution in [3.8, 4) is 0 Å². The molecule has 7 nitrogen and oxygen atoms in total. The number of amides is 2. The van der Waals surface area contributed by atoms with Gasteiger partial charge >= 0.3 is 6.03 Å². The van der Waals surface area contributed by atoms with E-state index in [0.717, 1.165) is 11.5 Å². The Bertz CT molecular complexity index is 627. The number of ether oxygens (including phenoxy) is 1. The predicted octanol–water partition coefficient (Wildman–Crippen LogP) is 0.702. The van der Waals surface area contributed by atoms with Gasteiger partial charge in [0.1, 0.15) is 5.82 Å². The lowest BCUT2D eigenvalue weighted by Gasteiger charge is -2.31. The van der Waals surface area contributed by atoms with Gasteiger partial charge in [-0.2, -0.15) is 0 Å². The number of morpholine rings is 1. The Morgan fingerprint density at radius 2 is 2.38 bits per heavy atom. The number of urea groups is 1. The topological polar surface area (TPSA) is 71.8 Å². The van der Waals surface area contributed by atoms with Crippen molar-refractivity contribution in [1.82, 2.24) is 24.8 Å². The number of aromatic nitrogens is 3. The van der Waals surface area contributed by atoms with E-state index in [-0.39, 0.29) is 12.1 Å². The summed E-state index contributed by atoms with van der Waals surface area (Å²) in [7, 11) is 0. The summed E-state index contributed by atoms with van der Waals surface area (Å²) in [6.45, 7) is 4.40. The molecule has 7 heteroatoms. The van der Waals surface area contributed by atoms with Crippen LogP contribution in [0.1, 0.15) is 12.7 Å². The van der Waals surface area contributed by atoms with Gasteiger partial charge in [0, 0.05) is 32.3 Å². The number of nitrogens with zero attached hydrogens (tertiary/aromatic N) is 4. The van der Waals surface area contributed by atoms with E-state index < -0.39 is 0 Å². The van der Waals surface area contributed by atoms with Crippen molar-refractivity contribution in [2.24, 2.45) is 0 Å². The molecular formula is C14H19N5O2. The maximum atomic E-state index is 12.1. The molecule has 0 radical (unpaired) electrons. The normalized spacial score (nSPS) is 18.9.